The van der Waals surface area contributed by atoms with E-state index in [1.54, 1.807) is 0 Å². The highest BCUT2D eigenvalue weighted by Crippen LogP contribution is 2.22. The zero-order valence-corrected chi connectivity index (χ0v) is 9.67. The lowest BCUT2D eigenvalue weighted by Crippen LogP contribution is -2.33. The van der Waals surface area contributed by atoms with Crippen LogP contribution in [-0.2, 0) is 0 Å². The van der Waals surface area contributed by atoms with E-state index in [0.29, 0.717) is 0 Å². The number of piperidine rings is 1. The van der Waals surface area contributed by atoms with E-state index in [1.807, 2.05) is 6.08 Å². The summed E-state index contributed by atoms with van der Waals surface area (Å²) in [4.78, 5) is 2.52. The summed E-state index contributed by atoms with van der Waals surface area (Å²) in [6, 6.07) is 0. The molecule has 1 heterocycles. The number of hydrogen-bond donors (Lipinski definition) is 0. The first-order valence-corrected chi connectivity index (χ1v) is 6.20. The van der Waals surface area contributed by atoms with Crippen molar-refractivity contribution in [3.63, 3.8) is 0 Å². The molecule has 0 saturated carbocycles. The highest BCUT2D eigenvalue weighted by molar-refractivity contribution is 4.78. The molecule has 0 spiro atoms. The van der Waals surface area contributed by atoms with Crippen molar-refractivity contribution in [1.82, 2.24) is 4.90 Å². The molecule has 1 aliphatic heterocycles. The van der Waals surface area contributed by atoms with Crippen LogP contribution in [0.15, 0.2) is 12.7 Å². The first-order chi connectivity index (χ1) is 6.86. The Morgan fingerprint density at radius 3 is 2.57 bits per heavy atom. The smallest absolute Gasteiger partial charge is 0.0160 e. The van der Waals surface area contributed by atoms with Gasteiger partial charge in [0.05, 0.1) is 0 Å². The van der Waals surface area contributed by atoms with E-state index in [4.69, 9.17) is 0 Å². The second-order valence-corrected chi connectivity index (χ2v) is 4.53. The lowest BCUT2D eigenvalue weighted by atomic mass is 9.91. The average molecular weight is 195 g/mol. The third kappa shape index (κ3) is 4.28. The first-order valence-electron chi connectivity index (χ1n) is 6.20. The summed E-state index contributed by atoms with van der Waals surface area (Å²) < 4.78 is 0. The first kappa shape index (κ1) is 11.8. The predicted molar refractivity (Wildman–Crippen MR) is 63.5 cm³/mol. The van der Waals surface area contributed by atoms with Crippen molar-refractivity contribution in [2.24, 2.45) is 5.92 Å². The third-order valence-electron chi connectivity index (χ3n) is 3.31. The van der Waals surface area contributed by atoms with Crippen LogP contribution in [0.25, 0.3) is 0 Å². The molecule has 0 N–H and O–H groups in total. The molecule has 1 nitrogen and oxygen atoms in total. The van der Waals surface area contributed by atoms with E-state index >= 15 is 0 Å². The molecule has 0 unspecified atom stereocenters. The zero-order valence-electron chi connectivity index (χ0n) is 9.67. The minimum absolute atomic E-state index is 1.02. The van der Waals surface area contributed by atoms with Gasteiger partial charge in [0.15, 0.2) is 0 Å². The Morgan fingerprint density at radius 2 is 2.00 bits per heavy atom. The number of rotatable bonds is 6. The van der Waals surface area contributed by atoms with Gasteiger partial charge in [0.1, 0.15) is 0 Å². The van der Waals surface area contributed by atoms with E-state index in [0.717, 1.165) is 12.5 Å². The zero-order chi connectivity index (χ0) is 10.2. The second kappa shape index (κ2) is 7.05. The van der Waals surface area contributed by atoms with Crippen LogP contribution >= 0.6 is 0 Å². The molecular formula is C13H25N. The molecule has 0 bridgehead atoms. The molecule has 82 valence electrons. The summed E-state index contributed by atoms with van der Waals surface area (Å²) >= 11 is 0. The second-order valence-electron chi connectivity index (χ2n) is 4.53. The van der Waals surface area contributed by atoms with E-state index in [-0.39, 0.29) is 0 Å². The Hall–Kier alpha value is -0.300. The topological polar surface area (TPSA) is 3.24 Å². The molecule has 1 aliphatic rings. The van der Waals surface area contributed by atoms with E-state index in [2.05, 4.69) is 18.4 Å². The van der Waals surface area contributed by atoms with Crippen molar-refractivity contribution >= 4 is 0 Å². The van der Waals surface area contributed by atoms with Crippen molar-refractivity contribution < 1.29 is 0 Å². The van der Waals surface area contributed by atoms with Crippen molar-refractivity contribution in [3.05, 3.63) is 12.7 Å². The van der Waals surface area contributed by atoms with Crippen molar-refractivity contribution in [2.45, 2.75) is 45.4 Å². The summed E-state index contributed by atoms with van der Waals surface area (Å²) in [7, 11) is 0. The number of likely N-dealkylation sites (tertiary alicyclic amines) is 1. The van der Waals surface area contributed by atoms with Crippen LogP contribution in [0, 0.1) is 5.92 Å². The fourth-order valence-corrected chi connectivity index (χ4v) is 2.32. The van der Waals surface area contributed by atoms with E-state index in [1.165, 1.54) is 51.6 Å². The van der Waals surface area contributed by atoms with Gasteiger partial charge in [0, 0.05) is 6.54 Å². The van der Waals surface area contributed by atoms with Crippen LogP contribution in [0.4, 0.5) is 0 Å². The van der Waals surface area contributed by atoms with E-state index < -0.39 is 0 Å². The van der Waals surface area contributed by atoms with Crippen LogP contribution in [0.2, 0.25) is 0 Å². The van der Waals surface area contributed by atoms with E-state index in [9.17, 15) is 0 Å². The van der Waals surface area contributed by atoms with Gasteiger partial charge in [-0.05, 0) is 31.8 Å². The van der Waals surface area contributed by atoms with Gasteiger partial charge in [-0.15, -0.1) is 6.58 Å². The highest BCUT2D eigenvalue weighted by Gasteiger charge is 2.17. The van der Waals surface area contributed by atoms with Gasteiger partial charge in [0.25, 0.3) is 0 Å². The quantitative estimate of drug-likeness (QED) is 0.463. The fourth-order valence-electron chi connectivity index (χ4n) is 2.32. The predicted octanol–water partition coefficient (Wildman–Crippen LogP) is 3.46. The van der Waals surface area contributed by atoms with Gasteiger partial charge in [-0.1, -0.05) is 38.7 Å². The normalized spacial score (nSPS) is 19.8. The van der Waals surface area contributed by atoms with Gasteiger partial charge in [-0.2, -0.15) is 0 Å². The van der Waals surface area contributed by atoms with Crippen molar-refractivity contribution in [1.29, 1.82) is 0 Å². The molecule has 0 amide bonds. The van der Waals surface area contributed by atoms with Crippen molar-refractivity contribution in [3.8, 4) is 0 Å². The molecule has 0 radical (unpaired) electrons. The largest absolute Gasteiger partial charge is 0.300 e. The Morgan fingerprint density at radius 1 is 1.29 bits per heavy atom. The maximum Gasteiger partial charge on any atom is 0.0160 e. The van der Waals surface area contributed by atoms with Crippen LogP contribution in [-0.4, -0.2) is 24.5 Å². The lowest BCUT2D eigenvalue weighted by Gasteiger charge is -2.31. The minimum Gasteiger partial charge on any atom is -0.300 e. The molecule has 1 heteroatoms. The molecular weight excluding hydrogens is 170 g/mol. The summed E-state index contributed by atoms with van der Waals surface area (Å²) in [6.07, 6.45) is 10.5. The Labute approximate surface area is 89.2 Å². The third-order valence-corrected chi connectivity index (χ3v) is 3.31. The Kier molecular flexibility index (Phi) is 5.93. The molecule has 0 aliphatic carbocycles. The molecule has 1 rings (SSSR count). The summed E-state index contributed by atoms with van der Waals surface area (Å²) in [5.74, 6) is 1.02. The SMILES string of the molecule is C=CCN1CCC(CCCCC)CC1. The summed E-state index contributed by atoms with van der Waals surface area (Å²) in [6.45, 7) is 9.75. The van der Waals surface area contributed by atoms with Gasteiger partial charge in [-0.25, -0.2) is 0 Å². The molecule has 0 aromatic rings. The number of unbranched alkanes of at least 4 members (excludes halogenated alkanes) is 2. The van der Waals surface area contributed by atoms with Gasteiger partial charge in [0.2, 0.25) is 0 Å². The Balaban J connectivity index is 2.06. The molecule has 14 heavy (non-hydrogen) atoms. The number of nitrogens with zero attached hydrogens (tertiary/aromatic N) is 1. The molecule has 1 fully saturated rings. The maximum absolute atomic E-state index is 3.79. The van der Waals surface area contributed by atoms with Crippen LogP contribution in [0.1, 0.15) is 45.4 Å². The molecule has 0 atom stereocenters. The Bertz CT molecular complexity index is 145. The van der Waals surface area contributed by atoms with Gasteiger partial charge < -0.3 is 0 Å². The lowest BCUT2D eigenvalue weighted by molar-refractivity contribution is 0.192. The highest BCUT2D eigenvalue weighted by atomic mass is 15.1. The monoisotopic (exact) mass is 195 g/mol. The fraction of sp³-hybridized carbons (Fsp3) is 0.846. The maximum atomic E-state index is 3.79. The minimum atomic E-state index is 1.02. The van der Waals surface area contributed by atoms with Crippen LogP contribution < -0.4 is 0 Å². The molecule has 0 aromatic carbocycles. The van der Waals surface area contributed by atoms with Crippen LogP contribution in [0.3, 0.4) is 0 Å². The molecule has 1 saturated heterocycles. The van der Waals surface area contributed by atoms with Crippen molar-refractivity contribution in [2.75, 3.05) is 19.6 Å². The summed E-state index contributed by atoms with van der Waals surface area (Å²) in [5, 5.41) is 0. The summed E-state index contributed by atoms with van der Waals surface area (Å²) in [5.41, 5.74) is 0. The standard InChI is InChI=1S/C13H25N/c1-3-5-6-7-13-8-11-14(10-4-2)12-9-13/h4,13H,2-3,5-12H2,1H3. The van der Waals surface area contributed by atoms with Gasteiger partial charge in [-0.3, -0.25) is 4.90 Å². The molecule has 0 aromatic heterocycles. The average Bonchev–Trinajstić information content (AvgIpc) is 2.21. The number of hydrogen-bond acceptors (Lipinski definition) is 1. The van der Waals surface area contributed by atoms with Gasteiger partial charge >= 0.3 is 0 Å². The van der Waals surface area contributed by atoms with Crippen LogP contribution in [0.5, 0.6) is 0 Å².